The molecule has 1 aromatic carbocycles. The van der Waals surface area contributed by atoms with Crippen LogP contribution in [0, 0.1) is 17.1 Å². The molecule has 0 aliphatic heterocycles. The van der Waals surface area contributed by atoms with Gasteiger partial charge in [0, 0.05) is 11.7 Å². The molecule has 0 unspecified atom stereocenters. The van der Waals surface area contributed by atoms with Crippen molar-refractivity contribution in [3.63, 3.8) is 0 Å². The van der Waals surface area contributed by atoms with Gasteiger partial charge in [-0.15, -0.1) is 0 Å². The number of rotatable bonds is 4. The molecule has 1 saturated carbocycles. The molecule has 2 N–H and O–H groups in total. The van der Waals surface area contributed by atoms with Crippen molar-refractivity contribution in [2.45, 2.75) is 42.5 Å². The van der Waals surface area contributed by atoms with Crippen LogP contribution < -0.4 is 5.73 Å². The SMILES string of the molecule is N#Cc1c(N)nc(SC2CCCC2)nc1Cc1ccc(F)cc1. The highest BCUT2D eigenvalue weighted by atomic mass is 32.2. The number of nitriles is 1. The largest absolute Gasteiger partial charge is 0.382 e. The minimum Gasteiger partial charge on any atom is -0.382 e. The maximum atomic E-state index is 13.0. The summed E-state index contributed by atoms with van der Waals surface area (Å²) in [5.74, 6) is -0.0611. The van der Waals surface area contributed by atoms with E-state index in [4.69, 9.17) is 5.73 Å². The minimum atomic E-state index is -0.283. The van der Waals surface area contributed by atoms with E-state index in [9.17, 15) is 9.65 Å². The van der Waals surface area contributed by atoms with Crippen molar-refractivity contribution >= 4 is 17.6 Å². The zero-order chi connectivity index (χ0) is 16.2. The molecule has 2 aromatic rings. The Morgan fingerprint density at radius 2 is 1.91 bits per heavy atom. The van der Waals surface area contributed by atoms with Gasteiger partial charge >= 0.3 is 0 Å². The Hall–Kier alpha value is -2.13. The molecule has 1 fully saturated rings. The van der Waals surface area contributed by atoms with Crippen molar-refractivity contribution in [3.05, 3.63) is 46.9 Å². The molecule has 0 saturated heterocycles. The van der Waals surface area contributed by atoms with Crippen molar-refractivity contribution in [1.82, 2.24) is 9.97 Å². The number of hydrogen-bond donors (Lipinski definition) is 1. The third-order valence-corrected chi connectivity index (χ3v) is 5.16. The molecule has 0 amide bonds. The summed E-state index contributed by atoms with van der Waals surface area (Å²) in [6.07, 6.45) is 5.26. The number of benzene rings is 1. The second-order valence-corrected chi connectivity index (χ2v) is 6.92. The summed E-state index contributed by atoms with van der Waals surface area (Å²) in [4.78, 5) is 8.81. The predicted octanol–water partition coefficient (Wildman–Crippen LogP) is 3.70. The van der Waals surface area contributed by atoms with Crippen LogP contribution in [0.5, 0.6) is 0 Å². The van der Waals surface area contributed by atoms with Crippen LogP contribution in [0.25, 0.3) is 0 Å². The first-order chi connectivity index (χ1) is 11.2. The van der Waals surface area contributed by atoms with E-state index in [1.165, 1.54) is 37.8 Å². The highest BCUT2D eigenvalue weighted by molar-refractivity contribution is 7.99. The van der Waals surface area contributed by atoms with Gasteiger partial charge in [0.1, 0.15) is 23.3 Å². The van der Waals surface area contributed by atoms with Gasteiger partial charge in [-0.05, 0) is 30.5 Å². The Balaban J connectivity index is 1.88. The summed E-state index contributed by atoms with van der Waals surface area (Å²) in [5, 5.41) is 10.5. The Morgan fingerprint density at radius 3 is 2.57 bits per heavy atom. The molecule has 0 atom stereocenters. The van der Waals surface area contributed by atoms with E-state index < -0.39 is 0 Å². The normalized spacial score (nSPS) is 14.8. The van der Waals surface area contributed by atoms with E-state index in [0.29, 0.717) is 28.1 Å². The Bertz CT molecular complexity index is 733. The molecular formula is C17H17FN4S. The number of nitrogens with zero attached hydrogens (tertiary/aromatic N) is 3. The fraction of sp³-hybridized carbons (Fsp3) is 0.353. The summed E-state index contributed by atoms with van der Waals surface area (Å²) in [6, 6.07) is 8.27. The van der Waals surface area contributed by atoms with Crippen LogP contribution in [0.4, 0.5) is 10.2 Å². The van der Waals surface area contributed by atoms with Crippen LogP contribution in [-0.4, -0.2) is 15.2 Å². The smallest absolute Gasteiger partial charge is 0.190 e. The number of nitrogen functional groups attached to an aromatic ring is 1. The number of hydrogen-bond acceptors (Lipinski definition) is 5. The van der Waals surface area contributed by atoms with E-state index in [2.05, 4.69) is 16.0 Å². The molecule has 0 spiro atoms. The van der Waals surface area contributed by atoms with Crippen molar-refractivity contribution < 1.29 is 4.39 Å². The lowest BCUT2D eigenvalue weighted by molar-refractivity contribution is 0.627. The van der Waals surface area contributed by atoms with Crippen LogP contribution in [0.1, 0.15) is 42.5 Å². The van der Waals surface area contributed by atoms with Crippen molar-refractivity contribution in [1.29, 1.82) is 5.26 Å². The molecule has 23 heavy (non-hydrogen) atoms. The summed E-state index contributed by atoms with van der Waals surface area (Å²) in [6.45, 7) is 0. The van der Waals surface area contributed by atoms with Gasteiger partial charge in [0.2, 0.25) is 0 Å². The topological polar surface area (TPSA) is 75.6 Å². The first kappa shape index (κ1) is 15.8. The number of halogens is 1. The van der Waals surface area contributed by atoms with E-state index >= 15 is 0 Å². The molecule has 1 aromatic heterocycles. The maximum Gasteiger partial charge on any atom is 0.190 e. The fourth-order valence-corrected chi connectivity index (χ4v) is 3.94. The number of nitrogens with two attached hydrogens (primary N) is 1. The molecule has 6 heteroatoms. The Kier molecular flexibility index (Phi) is 4.77. The lowest BCUT2D eigenvalue weighted by Gasteiger charge is -2.11. The second kappa shape index (κ2) is 6.97. The lowest BCUT2D eigenvalue weighted by atomic mass is 10.1. The first-order valence-electron chi connectivity index (χ1n) is 7.63. The fourth-order valence-electron chi connectivity index (χ4n) is 2.76. The molecular weight excluding hydrogens is 311 g/mol. The molecule has 4 nitrogen and oxygen atoms in total. The summed E-state index contributed by atoms with van der Waals surface area (Å²) in [5.41, 5.74) is 7.74. The van der Waals surface area contributed by atoms with E-state index in [0.717, 1.165) is 5.56 Å². The van der Waals surface area contributed by atoms with E-state index in [1.54, 1.807) is 23.9 Å². The van der Waals surface area contributed by atoms with Crippen LogP contribution in [-0.2, 0) is 6.42 Å². The van der Waals surface area contributed by atoms with Gasteiger partial charge < -0.3 is 5.73 Å². The first-order valence-corrected chi connectivity index (χ1v) is 8.51. The van der Waals surface area contributed by atoms with Gasteiger partial charge in [-0.1, -0.05) is 36.7 Å². The van der Waals surface area contributed by atoms with Gasteiger partial charge in [0.05, 0.1) is 5.69 Å². The van der Waals surface area contributed by atoms with E-state index in [-0.39, 0.29) is 11.6 Å². The molecule has 1 aliphatic rings. The summed E-state index contributed by atoms with van der Waals surface area (Å²) >= 11 is 1.64. The van der Waals surface area contributed by atoms with Crippen LogP contribution >= 0.6 is 11.8 Å². The van der Waals surface area contributed by atoms with Gasteiger partial charge in [0.25, 0.3) is 0 Å². The molecule has 118 valence electrons. The monoisotopic (exact) mass is 328 g/mol. The van der Waals surface area contributed by atoms with Crippen molar-refractivity contribution in [3.8, 4) is 6.07 Å². The zero-order valence-corrected chi connectivity index (χ0v) is 13.4. The van der Waals surface area contributed by atoms with Crippen molar-refractivity contribution in [2.75, 3.05) is 5.73 Å². The third-order valence-electron chi connectivity index (χ3n) is 3.96. The average molecular weight is 328 g/mol. The second-order valence-electron chi connectivity index (χ2n) is 5.65. The van der Waals surface area contributed by atoms with Crippen molar-refractivity contribution in [2.24, 2.45) is 0 Å². The Morgan fingerprint density at radius 1 is 1.22 bits per heavy atom. The quantitative estimate of drug-likeness (QED) is 0.866. The molecule has 1 aliphatic carbocycles. The molecule has 3 rings (SSSR count). The van der Waals surface area contributed by atoms with Crippen LogP contribution in [0.15, 0.2) is 29.4 Å². The molecule has 0 bridgehead atoms. The molecule has 1 heterocycles. The zero-order valence-electron chi connectivity index (χ0n) is 12.6. The summed E-state index contributed by atoms with van der Waals surface area (Å²) < 4.78 is 13.0. The number of anilines is 1. The van der Waals surface area contributed by atoms with E-state index in [1.807, 2.05) is 0 Å². The third kappa shape index (κ3) is 3.80. The predicted molar refractivity (Wildman–Crippen MR) is 88.5 cm³/mol. The van der Waals surface area contributed by atoms with Gasteiger partial charge in [-0.3, -0.25) is 0 Å². The highest BCUT2D eigenvalue weighted by Gasteiger charge is 2.20. The molecule has 0 radical (unpaired) electrons. The number of thioether (sulfide) groups is 1. The Labute approximate surface area is 138 Å². The standard InChI is InChI=1S/C17H17FN4S/c18-12-7-5-11(6-8-12)9-15-14(10-19)16(20)22-17(21-15)23-13-3-1-2-4-13/h5-8,13H,1-4,9H2,(H2,20,21,22). The summed E-state index contributed by atoms with van der Waals surface area (Å²) in [7, 11) is 0. The number of aromatic nitrogens is 2. The average Bonchev–Trinajstić information content (AvgIpc) is 3.02. The lowest BCUT2D eigenvalue weighted by Crippen LogP contribution is -2.07. The van der Waals surface area contributed by atoms with Gasteiger partial charge in [-0.2, -0.15) is 5.26 Å². The van der Waals surface area contributed by atoms with Gasteiger partial charge in [0.15, 0.2) is 5.16 Å². The minimum absolute atomic E-state index is 0.222. The van der Waals surface area contributed by atoms with Crippen LogP contribution in [0.3, 0.4) is 0 Å². The highest BCUT2D eigenvalue weighted by Crippen LogP contribution is 2.34. The van der Waals surface area contributed by atoms with Crippen LogP contribution in [0.2, 0.25) is 0 Å². The van der Waals surface area contributed by atoms with Gasteiger partial charge in [-0.25, -0.2) is 14.4 Å². The maximum absolute atomic E-state index is 13.0.